The molecule has 0 aliphatic heterocycles. The number of rotatable bonds is 6. The van der Waals surface area contributed by atoms with Crippen LogP contribution in [0.5, 0.6) is 0 Å². The highest BCUT2D eigenvalue weighted by atomic mass is 79.9. The van der Waals surface area contributed by atoms with Crippen molar-refractivity contribution in [3.8, 4) is 0 Å². The van der Waals surface area contributed by atoms with Crippen molar-refractivity contribution in [2.24, 2.45) is 0 Å². The van der Waals surface area contributed by atoms with Gasteiger partial charge in [0, 0.05) is 11.6 Å². The van der Waals surface area contributed by atoms with Gasteiger partial charge in [0.1, 0.15) is 11.6 Å². The first-order valence-electron chi connectivity index (χ1n) is 5.92. The van der Waals surface area contributed by atoms with Crippen molar-refractivity contribution in [2.45, 2.75) is 39.2 Å². The molecule has 0 amide bonds. The van der Waals surface area contributed by atoms with Crippen LogP contribution in [-0.4, -0.2) is 12.6 Å². The summed E-state index contributed by atoms with van der Waals surface area (Å²) < 4.78 is 27.4. The van der Waals surface area contributed by atoms with Crippen LogP contribution in [0.15, 0.2) is 16.6 Å². The minimum Gasteiger partial charge on any atom is -0.315 e. The topological polar surface area (TPSA) is 12.0 Å². The Balaban J connectivity index is 2.55. The fraction of sp³-hybridized carbons (Fsp3) is 0.538. The summed E-state index contributed by atoms with van der Waals surface area (Å²) in [6.45, 7) is 5.04. The normalized spacial score (nSPS) is 12.8. The Labute approximate surface area is 110 Å². The zero-order valence-corrected chi connectivity index (χ0v) is 11.8. The molecule has 1 N–H and O–H groups in total. The van der Waals surface area contributed by atoms with Gasteiger partial charge in [-0.15, -0.1) is 0 Å². The van der Waals surface area contributed by atoms with E-state index in [0.717, 1.165) is 19.4 Å². The maximum atomic E-state index is 13.6. The molecule has 1 atom stereocenters. The fourth-order valence-corrected chi connectivity index (χ4v) is 2.21. The van der Waals surface area contributed by atoms with Crippen molar-refractivity contribution < 1.29 is 8.78 Å². The molecule has 1 aromatic rings. The molecule has 1 nitrogen and oxygen atoms in total. The van der Waals surface area contributed by atoms with Crippen LogP contribution in [0.2, 0.25) is 0 Å². The van der Waals surface area contributed by atoms with Gasteiger partial charge < -0.3 is 5.32 Å². The third-order valence-electron chi connectivity index (χ3n) is 2.76. The molecule has 0 aliphatic carbocycles. The molecule has 0 bridgehead atoms. The molecule has 0 aliphatic rings. The van der Waals surface area contributed by atoms with Crippen molar-refractivity contribution in [1.82, 2.24) is 5.32 Å². The molecular weight excluding hydrogens is 288 g/mol. The van der Waals surface area contributed by atoms with Gasteiger partial charge in [-0.1, -0.05) is 6.92 Å². The molecule has 0 aromatic heterocycles. The quantitative estimate of drug-likeness (QED) is 0.782. The average Bonchev–Trinajstić information content (AvgIpc) is 2.29. The van der Waals surface area contributed by atoms with Crippen LogP contribution in [-0.2, 0) is 6.42 Å². The Morgan fingerprint density at radius 1 is 1.35 bits per heavy atom. The van der Waals surface area contributed by atoms with Crippen LogP contribution in [0.25, 0.3) is 0 Å². The van der Waals surface area contributed by atoms with E-state index >= 15 is 0 Å². The van der Waals surface area contributed by atoms with E-state index in [4.69, 9.17) is 0 Å². The zero-order valence-electron chi connectivity index (χ0n) is 10.2. The van der Waals surface area contributed by atoms with Gasteiger partial charge in [0.15, 0.2) is 0 Å². The Morgan fingerprint density at radius 3 is 2.71 bits per heavy atom. The van der Waals surface area contributed by atoms with Crippen molar-refractivity contribution in [3.63, 3.8) is 0 Å². The Hall–Kier alpha value is -0.480. The summed E-state index contributed by atoms with van der Waals surface area (Å²) in [4.78, 5) is 0. The van der Waals surface area contributed by atoms with Gasteiger partial charge in [-0.2, -0.15) is 0 Å². The number of halogens is 3. The van der Waals surface area contributed by atoms with E-state index in [2.05, 4.69) is 28.2 Å². The second-order valence-electron chi connectivity index (χ2n) is 4.17. The number of hydrogen-bond donors (Lipinski definition) is 1. The van der Waals surface area contributed by atoms with E-state index in [1.54, 1.807) is 0 Å². The highest BCUT2D eigenvalue weighted by molar-refractivity contribution is 9.10. The Morgan fingerprint density at radius 2 is 2.06 bits per heavy atom. The Bertz CT molecular complexity index is 369. The summed E-state index contributed by atoms with van der Waals surface area (Å²) in [6.07, 6.45) is 2.13. The van der Waals surface area contributed by atoms with E-state index in [1.165, 1.54) is 12.1 Å². The van der Waals surface area contributed by atoms with Crippen molar-refractivity contribution in [3.05, 3.63) is 33.8 Å². The van der Waals surface area contributed by atoms with Crippen LogP contribution in [0, 0.1) is 11.6 Å². The monoisotopic (exact) mass is 305 g/mol. The fourth-order valence-electron chi connectivity index (χ4n) is 1.83. The molecule has 17 heavy (non-hydrogen) atoms. The SMILES string of the molecule is CCNC(C)CCCc1c(F)ccc(Br)c1F. The van der Waals surface area contributed by atoms with Gasteiger partial charge in [0.05, 0.1) is 4.47 Å². The molecule has 96 valence electrons. The molecule has 4 heteroatoms. The van der Waals surface area contributed by atoms with Crippen LogP contribution >= 0.6 is 15.9 Å². The number of nitrogens with one attached hydrogen (secondary N) is 1. The number of benzene rings is 1. The number of hydrogen-bond acceptors (Lipinski definition) is 1. The third kappa shape index (κ3) is 4.36. The molecule has 0 fully saturated rings. The predicted molar refractivity (Wildman–Crippen MR) is 70.1 cm³/mol. The molecule has 1 unspecified atom stereocenters. The van der Waals surface area contributed by atoms with Gasteiger partial charge >= 0.3 is 0 Å². The lowest BCUT2D eigenvalue weighted by atomic mass is 10.0. The lowest BCUT2D eigenvalue weighted by Gasteiger charge is -2.12. The van der Waals surface area contributed by atoms with Gasteiger partial charge in [0.25, 0.3) is 0 Å². The smallest absolute Gasteiger partial charge is 0.143 e. The summed E-state index contributed by atoms with van der Waals surface area (Å²) in [7, 11) is 0. The highest BCUT2D eigenvalue weighted by Crippen LogP contribution is 2.23. The van der Waals surface area contributed by atoms with Gasteiger partial charge in [0.2, 0.25) is 0 Å². The molecule has 1 aromatic carbocycles. The summed E-state index contributed by atoms with van der Waals surface area (Å²) in [5.74, 6) is -0.928. The van der Waals surface area contributed by atoms with Crippen LogP contribution in [0.3, 0.4) is 0 Å². The average molecular weight is 306 g/mol. The summed E-state index contributed by atoms with van der Waals surface area (Å²) in [6, 6.07) is 3.09. The lowest BCUT2D eigenvalue weighted by Crippen LogP contribution is -2.25. The first-order chi connectivity index (χ1) is 8.06. The first kappa shape index (κ1) is 14.6. The first-order valence-corrected chi connectivity index (χ1v) is 6.71. The van der Waals surface area contributed by atoms with Crippen LogP contribution in [0.1, 0.15) is 32.3 Å². The van der Waals surface area contributed by atoms with Crippen molar-refractivity contribution >= 4 is 15.9 Å². The molecular formula is C13H18BrF2N. The standard InChI is InChI=1S/C13H18BrF2N/c1-3-17-9(2)5-4-6-10-12(15)8-7-11(14)13(10)16/h7-9,17H,3-6H2,1-2H3. The molecule has 0 saturated carbocycles. The highest BCUT2D eigenvalue weighted by Gasteiger charge is 2.12. The second-order valence-corrected chi connectivity index (χ2v) is 5.03. The minimum absolute atomic E-state index is 0.183. The largest absolute Gasteiger partial charge is 0.315 e. The van der Waals surface area contributed by atoms with E-state index in [9.17, 15) is 8.78 Å². The zero-order chi connectivity index (χ0) is 12.8. The lowest BCUT2D eigenvalue weighted by molar-refractivity contribution is 0.496. The third-order valence-corrected chi connectivity index (χ3v) is 3.37. The molecule has 0 saturated heterocycles. The van der Waals surface area contributed by atoms with E-state index in [-0.39, 0.29) is 5.56 Å². The molecule has 0 spiro atoms. The molecule has 1 rings (SSSR count). The van der Waals surface area contributed by atoms with Gasteiger partial charge in [-0.25, -0.2) is 8.78 Å². The summed E-state index contributed by atoms with van der Waals surface area (Å²) in [5, 5.41) is 3.28. The predicted octanol–water partition coefficient (Wildman–Crippen LogP) is 4.05. The van der Waals surface area contributed by atoms with Crippen molar-refractivity contribution in [2.75, 3.05) is 6.54 Å². The maximum Gasteiger partial charge on any atom is 0.143 e. The summed E-state index contributed by atoms with van der Waals surface area (Å²) in [5.41, 5.74) is 0.183. The van der Waals surface area contributed by atoms with Gasteiger partial charge in [-0.3, -0.25) is 0 Å². The van der Waals surface area contributed by atoms with Crippen LogP contribution < -0.4 is 5.32 Å². The van der Waals surface area contributed by atoms with Gasteiger partial charge in [-0.05, 0) is 60.8 Å². The van der Waals surface area contributed by atoms with Crippen molar-refractivity contribution in [1.29, 1.82) is 0 Å². The van der Waals surface area contributed by atoms with E-state index < -0.39 is 11.6 Å². The van der Waals surface area contributed by atoms with E-state index in [0.29, 0.717) is 16.9 Å². The molecule has 0 heterocycles. The second kappa shape index (κ2) is 7.07. The van der Waals surface area contributed by atoms with E-state index in [1.807, 2.05) is 6.92 Å². The Kier molecular flexibility index (Phi) is 6.06. The maximum absolute atomic E-state index is 13.6. The van der Waals surface area contributed by atoms with Crippen LogP contribution in [0.4, 0.5) is 8.78 Å². The minimum atomic E-state index is -0.471. The molecule has 0 radical (unpaired) electrons. The summed E-state index contributed by atoms with van der Waals surface area (Å²) >= 11 is 3.07.